The van der Waals surface area contributed by atoms with E-state index in [0.29, 0.717) is 6.54 Å². The monoisotopic (exact) mass is 159 g/mol. The highest BCUT2D eigenvalue weighted by Gasteiger charge is 2.32. The van der Waals surface area contributed by atoms with E-state index < -0.39 is 0 Å². The van der Waals surface area contributed by atoms with Gasteiger partial charge in [0.1, 0.15) is 0 Å². The van der Waals surface area contributed by atoms with E-state index in [2.05, 4.69) is 21.5 Å². The number of rotatable bonds is 3. The normalized spacial score (nSPS) is 17.2. The van der Waals surface area contributed by atoms with Crippen LogP contribution in [-0.4, -0.2) is 18.8 Å². The number of nitrogens with one attached hydrogen (secondary N) is 1. The molecular formula is C6H10ClN3. The van der Waals surface area contributed by atoms with E-state index in [4.69, 9.17) is 6.42 Å². The molecule has 0 aromatic carbocycles. The predicted octanol–water partition coefficient (Wildman–Crippen LogP) is 0.813. The van der Waals surface area contributed by atoms with Gasteiger partial charge in [-0.1, -0.05) is 5.92 Å². The van der Waals surface area contributed by atoms with Crippen LogP contribution in [0, 0.1) is 12.3 Å². The van der Waals surface area contributed by atoms with Crippen molar-refractivity contribution >= 4 is 12.4 Å². The van der Waals surface area contributed by atoms with Crippen LogP contribution < -0.4 is 5.32 Å². The van der Waals surface area contributed by atoms with E-state index in [0.717, 1.165) is 6.54 Å². The van der Waals surface area contributed by atoms with Crippen molar-refractivity contribution in [3.63, 3.8) is 0 Å². The Balaban J connectivity index is 0.000000810. The summed E-state index contributed by atoms with van der Waals surface area (Å²) in [6.45, 7) is 3.31. The molecule has 0 spiro atoms. The van der Waals surface area contributed by atoms with Crippen LogP contribution in [0.5, 0.6) is 0 Å². The van der Waals surface area contributed by atoms with Crippen LogP contribution in [0.25, 0.3) is 0 Å². The van der Waals surface area contributed by atoms with Crippen LogP contribution in [0.1, 0.15) is 6.92 Å². The summed E-state index contributed by atoms with van der Waals surface area (Å²) in [6, 6.07) is 0. The highest BCUT2D eigenvalue weighted by molar-refractivity contribution is 5.85. The van der Waals surface area contributed by atoms with Gasteiger partial charge in [-0.25, -0.2) is 0 Å². The molecule has 0 amide bonds. The largest absolute Gasteiger partial charge is 0.302 e. The van der Waals surface area contributed by atoms with Gasteiger partial charge < -0.3 is 5.32 Å². The van der Waals surface area contributed by atoms with Crippen molar-refractivity contribution in [3.8, 4) is 12.3 Å². The summed E-state index contributed by atoms with van der Waals surface area (Å²) in [5, 5.41) is 10.6. The van der Waals surface area contributed by atoms with Crippen LogP contribution in [0.2, 0.25) is 0 Å². The lowest BCUT2D eigenvalue weighted by Gasteiger charge is -2.01. The third-order valence-electron chi connectivity index (χ3n) is 1.13. The Kier molecular flexibility index (Phi) is 3.34. The molecule has 56 valence electrons. The molecule has 10 heavy (non-hydrogen) atoms. The maximum absolute atomic E-state index is 5.00. The molecule has 0 saturated heterocycles. The van der Waals surface area contributed by atoms with Crippen molar-refractivity contribution < 1.29 is 0 Å². The molecule has 0 saturated carbocycles. The van der Waals surface area contributed by atoms with Gasteiger partial charge >= 0.3 is 0 Å². The summed E-state index contributed by atoms with van der Waals surface area (Å²) < 4.78 is 0. The highest BCUT2D eigenvalue weighted by atomic mass is 35.5. The topological polar surface area (TPSA) is 36.8 Å². The molecule has 1 aliphatic heterocycles. The van der Waals surface area contributed by atoms with Gasteiger partial charge in [0.2, 0.25) is 0 Å². The van der Waals surface area contributed by atoms with Gasteiger partial charge in [-0.3, -0.25) is 0 Å². The molecule has 0 aromatic heterocycles. The van der Waals surface area contributed by atoms with E-state index in [1.165, 1.54) is 0 Å². The van der Waals surface area contributed by atoms with Crippen LogP contribution >= 0.6 is 12.4 Å². The Bertz CT molecular complexity index is 164. The Morgan fingerprint density at radius 1 is 1.60 bits per heavy atom. The third-order valence-corrected chi connectivity index (χ3v) is 1.13. The first-order chi connectivity index (χ1) is 4.27. The molecule has 1 aliphatic rings. The minimum Gasteiger partial charge on any atom is -0.302 e. The molecule has 0 fully saturated rings. The third kappa shape index (κ3) is 2.81. The second kappa shape index (κ2) is 3.55. The zero-order valence-electron chi connectivity index (χ0n) is 5.79. The van der Waals surface area contributed by atoms with E-state index in [1.54, 1.807) is 0 Å². The fourth-order valence-corrected chi connectivity index (χ4v) is 0.528. The van der Waals surface area contributed by atoms with E-state index in [-0.39, 0.29) is 18.1 Å². The molecule has 0 aliphatic carbocycles. The Hall–Kier alpha value is -0.590. The van der Waals surface area contributed by atoms with Gasteiger partial charge in [0.25, 0.3) is 0 Å². The summed E-state index contributed by atoms with van der Waals surface area (Å²) in [4.78, 5) is 0. The van der Waals surface area contributed by atoms with Crippen molar-refractivity contribution in [3.05, 3.63) is 0 Å². The lowest BCUT2D eigenvalue weighted by Crippen LogP contribution is -2.27. The van der Waals surface area contributed by atoms with Crippen LogP contribution in [-0.2, 0) is 0 Å². The molecule has 1 N–H and O–H groups in total. The number of halogens is 1. The molecule has 3 nitrogen and oxygen atoms in total. The highest BCUT2D eigenvalue weighted by Crippen LogP contribution is 2.24. The van der Waals surface area contributed by atoms with E-state index >= 15 is 0 Å². The number of terminal acetylenes is 1. The second-order valence-electron chi connectivity index (χ2n) is 2.22. The van der Waals surface area contributed by atoms with Crippen LogP contribution in [0.3, 0.4) is 0 Å². The van der Waals surface area contributed by atoms with Gasteiger partial charge in [0, 0.05) is 6.54 Å². The first-order valence-corrected chi connectivity index (χ1v) is 2.85. The molecular weight excluding hydrogens is 150 g/mol. The van der Waals surface area contributed by atoms with Crippen molar-refractivity contribution in [2.24, 2.45) is 10.2 Å². The molecule has 0 bridgehead atoms. The minimum atomic E-state index is -0.156. The van der Waals surface area contributed by atoms with Gasteiger partial charge in [-0.05, 0) is 6.92 Å². The SMILES string of the molecule is C#CCNCC1(C)N=N1.Cl. The average molecular weight is 160 g/mol. The summed E-state index contributed by atoms with van der Waals surface area (Å²) in [6.07, 6.45) is 5.00. The zero-order valence-corrected chi connectivity index (χ0v) is 6.61. The first-order valence-electron chi connectivity index (χ1n) is 2.85. The van der Waals surface area contributed by atoms with Crippen molar-refractivity contribution in [2.75, 3.05) is 13.1 Å². The van der Waals surface area contributed by atoms with E-state index in [9.17, 15) is 0 Å². The molecule has 0 unspecified atom stereocenters. The fourth-order valence-electron chi connectivity index (χ4n) is 0.528. The maximum atomic E-state index is 5.00. The summed E-state index contributed by atoms with van der Waals surface area (Å²) in [7, 11) is 0. The number of nitrogens with zero attached hydrogens (tertiary/aromatic N) is 2. The smallest absolute Gasteiger partial charge is 0.200 e. The maximum Gasteiger partial charge on any atom is 0.200 e. The van der Waals surface area contributed by atoms with Gasteiger partial charge in [0.05, 0.1) is 6.54 Å². The van der Waals surface area contributed by atoms with Crippen molar-refractivity contribution in [1.82, 2.24) is 5.32 Å². The molecule has 0 aromatic rings. The Labute approximate surface area is 66.7 Å². The van der Waals surface area contributed by atoms with Crippen LogP contribution in [0.15, 0.2) is 10.2 Å². The number of hydrogen-bond acceptors (Lipinski definition) is 3. The molecule has 1 rings (SSSR count). The van der Waals surface area contributed by atoms with Gasteiger partial charge in [-0.2, -0.15) is 10.2 Å². The average Bonchev–Trinajstić information content (AvgIpc) is 2.50. The molecule has 0 atom stereocenters. The lowest BCUT2D eigenvalue weighted by molar-refractivity contribution is 0.592. The van der Waals surface area contributed by atoms with E-state index in [1.807, 2.05) is 6.92 Å². The Morgan fingerprint density at radius 2 is 2.20 bits per heavy atom. The second-order valence-corrected chi connectivity index (χ2v) is 2.22. The molecule has 4 heteroatoms. The zero-order chi connectivity index (χ0) is 6.74. The fraction of sp³-hybridized carbons (Fsp3) is 0.667. The summed E-state index contributed by atoms with van der Waals surface area (Å²) in [5.41, 5.74) is -0.156. The molecule has 1 heterocycles. The Morgan fingerprint density at radius 3 is 2.60 bits per heavy atom. The standard InChI is InChI=1S/C6H9N3.ClH/c1-3-4-7-5-6(2)8-9-6;/h1,7H,4-5H2,2H3;1H. The van der Waals surface area contributed by atoms with Crippen LogP contribution in [0.4, 0.5) is 0 Å². The predicted molar refractivity (Wildman–Crippen MR) is 42.2 cm³/mol. The van der Waals surface area contributed by atoms with Gasteiger partial charge in [-0.15, -0.1) is 18.8 Å². The van der Waals surface area contributed by atoms with Gasteiger partial charge in [0.15, 0.2) is 5.66 Å². The molecule has 0 radical (unpaired) electrons. The van der Waals surface area contributed by atoms with Crippen molar-refractivity contribution in [1.29, 1.82) is 0 Å². The number of hydrogen-bond donors (Lipinski definition) is 1. The summed E-state index contributed by atoms with van der Waals surface area (Å²) in [5.74, 6) is 2.47. The minimum absolute atomic E-state index is 0. The first kappa shape index (κ1) is 9.41. The summed E-state index contributed by atoms with van der Waals surface area (Å²) >= 11 is 0. The quantitative estimate of drug-likeness (QED) is 0.480. The lowest BCUT2D eigenvalue weighted by atomic mass is 10.3. The van der Waals surface area contributed by atoms with Crippen molar-refractivity contribution in [2.45, 2.75) is 12.6 Å².